The quantitative estimate of drug-likeness (QED) is 0.926. The van der Waals surface area contributed by atoms with Crippen LogP contribution in [0.2, 0.25) is 0 Å². The number of carbonyl (C=O) groups excluding carboxylic acids is 1. The average Bonchev–Trinajstić information content (AvgIpc) is 3.25. The Morgan fingerprint density at radius 3 is 2.83 bits per heavy atom. The van der Waals surface area contributed by atoms with Gasteiger partial charge in [-0.15, -0.1) is 0 Å². The number of ether oxygens (including phenoxy) is 2. The lowest BCUT2D eigenvalue weighted by Gasteiger charge is -2.29. The lowest BCUT2D eigenvalue weighted by atomic mass is 9.81. The van der Waals surface area contributed by atoms with Crippen molar-refractivity contribution in [2.75, 3.05) is 13.7 Å². The normalized spacial score (nSPS) is 29.0. The number of carbonyl (C=O) groups is 1. The third-order valence-electron chi connectivity index (χ3n) is 5.72. The molecule has 3 aliphatic rings. The Labute approximate surface area is 137 Å². The van der Waals surface area contributed by atoms with Gasteiger partial charge in [-0.1, -0.05) is 25.3 Å². The van der Waals surface area contributed by atoms with E-state index in [1.54, 1.807) is 7.11 Å². The van der Waals surface area contributed by atoms with Crippen LogP contribution in [0.1, 0.15) is 49.3 Å². The topological polar surface area (TPSA) is 47.6 Å². The molecule has 2 aliphatic carbocycles. The summed E-state index contributed by atoms with van der Waals surface area (Å²) in [5.74, 6) is 3.50. The SMILES string of the molecule is COc1cc(C)cc2c1OCC[C@@H]2NC(=O)[C@H]1C[C@H]1C1CCC1. The molecule has 124 valence electrons. The molecule has 4 nitrogen and oxygen atoms in total. The van der Waals surface area contributed by atoms with Crippen LogP contribution in [-0.2, 0) is 4.79 Å². The van der Waals surface area contributed by atoms with Crippen LogP contribution in [0.3, 0.4) is 0 Å². The minimum atomic E-state index is 0.0442. The lowest BCUT2D eigenvalue weighted by molar-refractivity contribution is -0.123. The number of nitrogens with one attached hydrogen (secondary N) is 1. The zero-order valence-electron chi connectivity index (χ0n) is 13.9. The Morgan fingerprint density at radius 1 is 1.30 bits per heavy atom. The fraction of sp³-hybridized carbons (Fsp3) is 0.632. The zero-order valence-corrected chi connectivity index (χ0v) is 13.9. The summed E-state index contributed by atoms with van der Waals surface area (Å²) in [6.45, 7) is 2.66. The van der Waals surface area contributed by atoms with E-state index in [0.29, 0.717) is 12.5 Å². The highest BCUT2D eigenvalue weighted by Crippen LogP contribution is 2.52. The van der Waals surface area contributed by atoms with Gasteiger partial charge in [-0.25, -0.2) is 0 Å². The second kappa shape index (κ2) is 5.73. The van der Waals surface area contributed by atoms with Crippen molar-refractivity contribution >= 4 is 5.91 Å². The van der Waals surface area contributed by atoms with Crippen LogP contribution >= 0.6 is 0 Å². The number of amides is 1. The van der Waals surface area contributed by atoms with Gasteiger partial charge >= 0.3 is 0 Å². The molecule has 0 spiro atoms. The summed E-state index contributed by atoms with van der Waals surface area (Å²) >= 11 is 0. The number of benzene rings is 1. The maximum Gasteiger partial charge on any atom is 0.223 e. The Hall–Kier alpha value is -1.71. The van der Waals surface area contributed by atoms with E-state index in [9.17, 15) is 4.79 Å². The van der Waals surface area contributed by atoms with Gasteiger partial charge in [-0.2, -0.15) is 0 Å². The molecule has 0 saturated heterocycles. The highest BCUT2D eigenvalue weighted by molar-refractivity contribution is 5.82. The molecule has 3 atom stereocenters. The molecule has 0 unspecified atom stereocenters. The van der Waals surface area contributed by atoms with Gasteiger partial charge in [0.15, 0.2) is 11.5 Å². The van der Waals surface area contributed by atoms with Gasteiger partial charge in [0.1, 0.15) is 0 Å². The van der Waals surface area contributed by atoms with Crippen LogP contribution in [0.25, 0.3) is 0 Å². The first kappa shape index (κ1) is 14.9. The number of fused-ring (bicyclic) bond motifs is 1. The predicted octanol–water partition coefficient (Wildman–Crippen LogP) is 3.38. The molecule has 1 heterocycles. The zero-order chi connectivity index (χ0) is 16.0. The summed E-state index contributed by atoms with van der Waals surface area (Å²) in [7, 11) is 1.66. The number of hydrogen-bond acceptors (Lipinski definition) is 3. The largest absolute Gasteiger partial charge is 0.493 e. The van der Waals surface area contributed by atoms with E-state index in [2.05, 4.69) is 11.4 Å². The van der Waals surface area contributed by atoms with Crippen molar-refractivity contribution in [2.24, 2.45) is 17.8 Å². The Balaban J connectivity index is 1.48. The third kappa shape index (κ3) is 2.68. The summed E-state index contributed by atoms with van der Waals surface area (Å²) in [4.78, 5) is 12.6. The van der Waals surface area contributed by atoms with Gasteiger partial charge < -0.3 is 14.8 Å². The van der Waals surface area contributed by atoms with Gasteiger partial charge in [0, 0.05) is 17.9 Å². The van der Waals surface area contributed by atoms with E-state index < -0.39 is 0 Å². The molecule has 2 fully saturated rings. The van der Waals surface area contributed by atoms with Crippen molar-refractivity contribution in [1.82, 2.24) is 5.32 Å². The van der Waals surface area contributed by atoms with E-state index in [1.807, 2.05) is 13.0 Å². The third-order valence-corrected chi connectivity index (χ3v) is 5.72. The second-order valence-electron chi connectivity index (χ2n) is 7.28. The molecule has 1 aromatic rings. The number of hydrogen-bond donors (Lipinski definition) is 1. The van der Waals surface area contributed by atoms with Crippen LogP contribution in [0, 0.1) is 24.7 Å². The summed E-state index contributed by atoms with van der Waals surface area (Å²) in [5, 5.41) is 3.27. The lowest BCUT2D eigenvalue weighted by Crippen LogP contribution is -2.34. The molecule has 1 aromatic carbocycles. The minimum Gasteiger partial charge on any atom is -0.493 e. The van der Waals surface area contributed by atoms with Crippen LogP contribution in [0.5, 0.6) is 11.5 Å². The molecule has 1 aliphatic heterocycles. The van der Waals surface area contributed by atoms with Gasteiger partial charge in [0.05, 0.1) is 19.8 Å². The van der Waals surface area contributed by atoms with E-state index in [1.165, 1.54) is 19.3 Å². The first-order valence-corrected chi connectivity index (χ1v) is 8.79. The summed E-state index contributed by atoms with van der Waals surface area (Å²) in [6, 6.07) is 4.14. The van der Waals surface area contributed by atoms with Crippen LogP contribution in [0.4, 0.5) is 0 Å². The Morgan fingerprint density at radius 2 is 2.13 bits per heavy atom. The molecule has 1 N–H and O–H groups in total. The molecule has 0 aromatic heterocycles. The molecule has 1 amide bonds. The van der Waals surface area contributed by atoms with Crippen molar-refractivity contribution in [1.29, 1.82) is 0 Å². The monoisotopic (exact) mass is 315 g/mol. The van der Waals surface area contributed by atoms with Gasteiger partial charge in [0.2, 0.25) is 5.91 Å². The van der Waals surface area contributed by atoms with Gasteiger partial charge in [0.25, 0.3) is 0 Å². The van der Waals surface area contributed by atoms with Crippen LogP contribution in [0.15, 0.2) is 12.1 Å². The summed E-state index contributed by atoms with van der Waals surface area (Å²) in [6.07, 6.45) is 5.91. The van der Waals surface area contributed by atoms with Crippen LogP contribution in [-0.4, -0.2) is 19.6 Å². The fourth-order valence-electron chi connectivity index (χ4n) is 4.10. The van der Waals surface area contributed by atoms with Gasteiger partial charge in [-0.3, -0.25) is 4.79 Å². The molecule has 2 saturated carbocycles. The highest BCUT2D eigenvalue weighted by atomic mass is 16.5. The maximum atomic E-state index is 12.6. The van der Waals surface area contributed by atoms with Gasteiger partial charge in [-0.05, 0) is 36.8 Å². The maximum absolute atomic E-state index is 12.6. The summed E-state index contributed by atoms with van der Waals surface area (Å²) < 4.78 is 11.2. The Bertz CT molecular complexity index is 623. The molecular weight excluding hydrogens is 290 g/mol. The van der Waals surface area contributed by atoms with Crippen molar-refractivity contribution < 1.29 is 14.3 Å². The average molecular weight is 315 g/mol. The number of methoxy groups -OCH3 is 1. The highest BCUT2D eigenvalue weighted by Gasteiger charge is 2.49. The van der Waals surface area contributed by atoms with Crippen molar-refractivity contribution in [3.8, 4) is 11.5 Å². The van der Waals surface area contributed by atoms with E-state index in [4.69, 9.17) is 9.47 Å². The minimum absolute atomic E-state index is 0.0442. The first-order chi connectivity index (χ1) is 11.2. The smallest absolute Gasteiger partial charge is 0.223 e. The van der Waals surface area contributed by atoms with Crippen LogP contribution < -0.4 is 14.8 Å². The molecule has 23 heavy (non-hydrogen) atoms. The predicted molar refractivity (Wildman–Crippen MR) is 87.7 cm³/mol. The molecule has 4 heteroatoms. The summed E-state index contributed by atoms with van der Waals surface area (Å²) in [5.41, 5.74) is 2.19. The van der Waals surface area contributed by atoms with Crippen molar-refractivity contribution in [2.45, 2.75) is 45.1 Å². The number of aryl methyl sites for hydroxylation is 1. The van der Waals surface area contributed by atoms with E-state index >= 15 is 0 Å². The first-order valence-electron chi connectivity index (χ1n) is 8.79. The molecular formula is C19H25NO3. The Kier molecular flexibility index (Phi) is 3.70. The molecule has 0 bridgehead atoms. The molecule has 4 rings (SSSR count). The van der Waals surface area contributed by atoms with E-state index in [-0.39, 0.29) is 17.9 Å². The standard InChI is InChI=1S/C19H25NO3/c1-11-8-15-16(6-7-23-18(15)17(9-11)22-2)20-19(21)14-10-13(14)12-4-3-5-12/h8-9,12-14,16H,3-7,10H2,1-2H3,(H,20,21)/t13-,14-,16-/m0/s1. The van der Waals surface area contributed by atoms with E-state index in [0.717, 1.165) is 41.4 Å². The number of rotatable bonds is 4. The fourth-order valence-corrected chi connectivity index (χ4v) is 4.10. The second-order valence-corrected chi connectivity index (χ2v) is 7.28. The van der Waals surface area contributed by atoms with Crippen molar-refractivity contribution in [3.05, 3.63) is 23.3 Å². The molecule has 0 radical (unpaired) electrons. The van der Waals surface area contributed by atoms with Crippen molar-refractivity contribution in [3.63, 3.8) is 0 Å².